The molecule has 0 atom stereocenters. The summed E-state index contributed by atoms with van der Waals surface area (Å²) in [5.41, 5.74) is -1.22. The first kappa shape index (κ1) is 13.8. The van der Waals surface area contributed by atoms with Gasteiger partial charge in [0.15, 0.2) is 0 Å². The number of aromatic hydroxyl groups is 1. The lowest BCUT2D eigenvalue weighted by Crippen LogP contribution is -2.07. The van der Waals surface area contributed by atoms with Gasteiger partial charge in [0.2, 0.25) is 0 Å². The van der Waals surface area contributed by atoms with Crippen LogP contribution in [0.4, 0.5) is 13.2 Å². The Morgan fingerprint density at radius 1 is 1.35 bits per heavy atom. The first-order chi connectivity index (χ1) is 7.71. The highest BCUT2D eigenvalue weighted by Crippen LogP contribution is 2.39. The fourth-order valence-electron chi connectivity index (χ4n) is 1.30. The van der Waals surface area contributed by atoms with Crippen molar-refractivity contribution < 1.29 is 28.2 Å². The van der Waals surface area contributed by atoms with Gasteiger partial charge >= 0.3 is 12.1 Å². The summed E-state index contributed by atoms with van der Waals surface area (Å²) >= 11 is 2.89. The molecule has 0 unspecified atom stereocenters. The van der Waals surface area contributed by atoms with Gasteiger partial charge in [0.25, 0.3) is 0 Å². The number of carbonyl (C=O) groups is 1. The molecular formula is C10H8BrF3O3. The molecule has 0 saturated heterocycles. The number of alkyl halides is 3. The van der Waals surface area contributed by atoms with Crippen LogP contribution in [0.15, 0.2) is 16.6 Å². The third-order valence-electron chi connectivity index (χ3n) is 2.07. The molecule has 0 aromatic heterocycles. The maximum absolute atomic E-state index is 12.5. The SMILES string of the molecule is O=C(O)CCc1cc(Br)cc(C(F)(F)F)c1O. The van der Waals surface area contributed by atoms with Gasteiger partial charge in [-0.05, 0) is 24.1 Å². The van der Waals surface area contributed by atoms with Crippen molar-refractivity contribution in [1.82, 2.24) is 0 Å². The van der Waals surface area contributed by atoms with Gasteiger partial charge in [0, 0.05) is 10.9 Å². The van der Waals surface area contributed by atoms with Crippen molar-refractivity contribution in [1.29, 1.82) is 0 Å². The van der Waals surface area contributed by atoms with Gasteiger partial charge in [-0.3, -0.25) is 4.79 Å². The topological polar surface area (TPSA) is 57.5 Å². The van der Waals surface area contributed by atoms with Crippen LogP contribution in [0.25, 0.3) is 0 Å². The Morgan fingerprint density at radius 2 is 1.94 bits per heavy atom. The van der Waals surface area contributed by atoms with E-state index in [9.17, 15) is 23.1 Å². The van der Waals surface area contributed by atoms with E-state index in [0.717, 1.165) is 6.07 Å². The Hall–Kier alpha value is -1.24. The molecule has 0 bridgehead atoms. The number of aliphatic carboxylic acids is 1. The zero-order valence-corrected chi connectivity index (χ0v) is 9.97. The van der Waals surface area contributed by atoms with Crippen molar-refractivity contribution in [2.24, 2.45) is 0 Å². The van der Waals surface area contributed by atoms with Gasteiger partial charge in [0.05, 0.1) is 5.56 Å². The van der Waals surface area contributed by atoms with E-state index in [1.165, 1.54) is 6.07 Å². The van der Waals surface area contributed by atoms with Crippen LogP contribution in [-0.4, -0.2) is 16.2 Å². The van der Waals surface area contributed by atoms with Crippen molar-refractivity contribution in [3.63, 3.8) is 0 Å². The zero-order chi connectivity index (χ0) is 13.2. The van der Waals surface area contributed by atoms with E-state index in [1.54, 1.807) is 0 Å². The van der Waals surface area contributed by atoms with E-state index >= 15 is 0 Å². The Balaban J connectivity index is 3.15. The minimum atomic E-state index is -4.67. The van der Waals surface area contributed by atoms with E-state index in [4.69, 9.17) is 5.11 Å². The molecule has 3 nitrogen and oxygen atoms in total. The number of carboxylic acid groups (broad SMARTS) is 1. The van der Waals surface area contributed by atoms with Crippen LogP contribution in [-0.2, 0) is 17.4 Å². The van der Waals surface area contributed by atoms with E-state index in [2.05, 4.69) is 15.9 Å². The molecule has 7 heteroatoms. The summed E-state index contributed by atoms with van der Waals surface area (Å²) in [6, 6.07) is 2.02. The number of benzene rings is 1. The van der Waals surface area contributed by atoms with Crippen LogP contribution in [0, 0.1) is 0 Å². The minimum Gasteiger partial charge on any atom is -0.507 e. The van der Waals surface area contributed by atoms with Crippen molar-refractivity contribution in [2.75, 3.05) is 0 Å². The molecule has 0 aliphatic carbocycles. The van der Waals surface area contributed by atoms with Crippen LogP contribution in [0.5, 0.6) is 5.75 Å². The molecule has 0 radical (unpaired) electrons. The molecule has 94 valence electrons. The first-order valence-corrected chi connectivity index (χ1v) is 5.31. The lowest BCUT2D eigenvalue weighted by atomic mass is 10.0. The lowest BCUT2D eigenvalue weighted by Gasteiger charge is -2.13. The van der Waals surface area contributed by atoms with Gasteiger partial charge in [-0.25, -0.2) is 0 Å². The van der Waals surface area contributed by atoms with Crippen molar-refractivity contribution >= 4 is 21.9 Å². The number of hydrogen-bond donors (Lipinski definition) is 2. The average molecular weight is 313 g/mol. The number of hydrogen-bond acceptors (Lipinski definition) is 2. The molecule has 1 aromatic carbocycles. The molecule has 0 saturated carbocycles. The summed E-state index contributed by atoms with van der Waals surface area (Å²) in [6.07, 6.45) is -5.18. The van der Waals surface area contributed by atoms with E-state index in [1.807, 2.05) is 0 Å². The minimum absolute atomic E-state index is 0.0471. The quantitative estimate of drug-likeness (QED) is 0.901. The number of halogens is 4. The maximum atomic E-state index is 12.5. The van der Waals surface area contributed by atoms with Gasteiger partial charge in [-0.1, -0.05) is 15.9 Å². The molecule has 0 aliphatic rings. The Labute approximate surface area is 103 Å². The molecule has 0 aliphatic heterocycles. The predicted octanol–water partition coefficient (Wildman–Crippen LogP) is 3.19. The Bertz CT molecular complexity index is 443. The summed E-state index contributed by atoms with van der Waals surface area (Å²) in [6.45, 7) is 0. The molecule has 0 heterocycles. The normalized spacial score (nSPS) is 11.5. The van der Waals surface area contributed by atoms with Crippen LogP contribution in [0.1, 0.15) is 17.5 Å². The third-order valence-corrected chi connectivity index (χ3v) is 2.53. The Kier molecular flexibility index (Phi) is 4.03. The zero-order valence-electron chi connectivity index (χ0n) is 8.38. The van der Waals surface area contributed by atoms with Crippen LogP contribution in [0.2, 0.25) is 0 Å². The number of carboxylic acids is 1. The molecule has 17 heavy (non-hydrogen) atoms. The lowest BCUT2D eigenvalue weighted by molar-refractivity contribution is -0.139. The molecule has 0 amide bonds. The average Bonchev–Trinajstić information content (AvgIpc) is 2.17. The molecule has 0 fully saturated rings. The summed E-state index contributed by atoms with van der Waals surface area (Å²) in [7, 11) is 0. The Morgan fingerprint density at radius 3 is 2.41 bits per heavy atom. The number of phenols is 1. The largest absolute Gasteiger partial charge is 0.507 e. The second-order valence-corrected chi connectivity index (χ2v) is 4.27. The number of rotatable bonds is 3. The summed E-state index contributed by atoms with van der Waals surface area (Å²) < 4.78 is 37.7. The van der Waals surface area contributed by atoms with Gasteiger partial charge in [0.1, 0.15) is 5.75 Å². The second-order valence-electron chi connectivity index (χ2n) is 3.35. The smallest absolute Gasteiger partial charge is 0.420 e. The monoisotopic (exact) mass is 312 g/mol. The second kappa shape index (κ2) is 4.95. The van der Waals surface area contributed by atoms with Gasteiger partial charge in [-0.2, -0.15) is 13.2 Å². The van der Waals surface area contributed by atoms with Crippen LogP contribution in [0.3, 0.4) is 0 Å². The fourth-order valence-corrected chi connectivity index (χ4v) is 1.81. The number of phenolic OH excluding ortho intramolecular Hbond substituents is 1. The predicted molar refractivity (Wildman–Crippen MR) is 56.8 cm³/mol. The third kappa shape index (κ3) is 3.62. The van der Waals surface area contributed by atoms with Crippen molar-refractivity contribution in [3.8, 4) is 5.75 Å². The molecule has 1 rings (SSSR count). The molecule has 2 N–H and O–H groups in total. The van der Waals surface area contributed by atoms with E-state index in [0.29, 0.717) is 0 Å². The maximum Gasteiger partial charge on any atom is 0.420 e. The molecular weight excluding hydrogens is 305 g/mol. The van der Waals surface area contributed by atoms with Gasteiger partial charge < -0.3 is 10.2 Å². The van der Waals surface area contributed by atoms with E-state index < -0.39 is 23.5 Å². The van der Waals surface area contributed by atoms with Gasteiger partial charge in [-0.15, -0.1) is 0 Å². The highest BCUT2D eigenvalue weighted by Gasteiger charge is 2.35. The summed E-state index contributed by atoms with van der Waals surface area (Å²) in [4.78, 5) is 10.3. The van der Waals surface area contributed by atoms with Crippen molar-refractivity contribution in [2.45, 2.75) is 19.0 Å². The van der Waals surface area contributed by atoms with Crippen molar-refractivity contribution in [3.05, 3.63) is 27.7 Å². The highest BCUT2D eigenvalue weighted by atomic mass is 79.9. The number of aryl methyl sites for hydroxylation is 1. The van der Waals surface area contributed by atoms with Crippen LogP contribution >= 0.6 is 15.9 Å². The summed E-state index contributed by atoms with van der Waals surface area (Å²) in [5, 5.41) is 17.9. The fraction of sp³-hybridized carbons (Fsp3) is 0.300. The van der Waals surface area contributed by atoms with E-state index in [-0.39, 0.29) is 22.9 Å². The first-order valence-electron chi connectivity index (χ1n) is 4.52. The summed E-state index contributed by atoms with van der Waals surface area (Å²) in [5.74, 6) is -2.06. The molecule has 1 aromatic rings. The van der Waals surface area contributed by atoms with Crippen LogP contribution < -0.4 is 0 Å². The standard InChI is InChI=1S/C10H8BrF3O3/c11-6-3-5(1-2-8(15)16)9(17)7(4-6)10(12,13)14/h3-4,17H,1-2H2,(H,15,16). The highest BCUT2D eigenvalue weighted by molar-refractivity contribution is 9.10. The molecule has 0 spiro atoms.